The molecule has 20 heavy (non-hydrogen) atoms. The average Bonchev–Trinajstić information content (AvgIpc) is 2.43. The summed E-state index contributed by atoms with van der Waals surface area (Å²) in [5.41, 5.74) is 4.88. The van der Waals surface area contributed by atoms with Crippen LogP contribution in [0.15, 0.2) is 12.2 Å². The van der Waals surface area contributed by atoms with Crippen LogP contribution in [0, 0.1) is 0 Å². The molecular weight excluding hydrogens is 250 g/mol. The van der Waals surface area contributed by atoms with E-state index in [0.717, 1.165) is 12.8 Å². The van der Waals surface area contributed by atoms with Gasteiger partial charge in [0.05, 0.1) is 6.61 Å². The Kier molecular flexibility index (Phi) is 15.3. The maximum Gasteiger partial charge on any atom is 0.404 e. The molecule has 0 unspecified atom stereocenters. The van der Waals surface area contributed by atoms with E-state index in [9.17, 15) is 4.79 Å². The molecular formula is C17H33NO2. The molecule has 0 aliphatic rings. The minimum Gasteiger partial charge on any atom is -0.450 e. The fraction of sp³-hybridized carbons (Fsp3) is 0.824. The maximum absolute atomic E-state index is 10.3. The van der Waals surface area contributed by atoms with Gasteiger partial charge in [-0.2, -0.15) is 0 Å². The third-order valence-electron chi connectivity index (χ3n) is 3.40. The predicted molar refractivity (Wildman–Crippen MR) is 85.8 cm³/mol. The summed E-state index contributed by atoms with van der Waals surface area (Å²) >= 11 is 0. The molecule has 0 saturated carbocycles. The first-order valence-electron chi connectivity index (χ1n) is 8.34. The van der Waals surface area contributed by atoms with Crippen molar-refractivity contribution in [3.05, 3.63) is 12.2 Å². The number of ether oxygens (including phenoxy) is 1. The van der Waals surface area contributed by atoms with Crippen LogP contribution in [0.3, 0.4) is 0 Å². The molecule has 1 amide bonds. The molecule has 0 saturated heterocycles. The van der Waals surface area contributed by atoms with Crippen LogP contribution in [-0.2, 0) is 4.74 Å². The van der Waals surface area contributed by atoms with Crippen molar-refractivity contribution in [2.24, 2.45) is 5.73 Å². The highest BCUT2D eigenvalue weighted by atomic mass is 16.5. The highest BCUT2D eigenvalue weighted by Gasteiger charge is 1.94. The first kappa shape index (κ1) is 19.0. The van der Waals surface area contributed by atoms with E-state index in [4.69, 9.17) is 5.73 Å². The molecule has 0 aromatic carbocycles. The first-order chi connectivity index (χ1) is 9.77. The van der Waals surface area contributed by atoms with Crippen LogP contribution < -0.4 is 5.73 Å². The molecule has 118 valence electrons. The number of hydrogen-bond donors (Lipinski definition) is 1. The van der Waals surface area contributed by atoms with Gasteiger partial charge in [0, 0.05) is 0 Å². The number of allylic oxidation sites excluding steroid dienone is 2. The molecule has 0 radical (unpaired) electrons. The number of primary amides is 1. The summed E-state index contributed by atoms with van der Waals surface area (Å²) in [4.78, 5) is 10.3. The van der Waals surface area contributed by atoms with Crippen molar-refractivity contribution in [1.82, 2.24) is 0 Å². The van der Waals surface area contributed by atoms with E-state index >= 15 is 0 Å². The fourth-order valence-electron chi connectivity index (χ4n) is 2.17. The average molecular weight is 283 g/mol. The molecule has 3 nitrogen and oxygen atoms in total. The molecule has 0 aliphatic carbocycles. The van der Waals surface area contributed by atoms with Gasteiger partial charge in [-0.1, -0.05) is 64.0 Å². The number of rotatable bonds is 14. The second kappa shape index (κ2) is 16.1. The zero-order valence-corrected chi connectivity index (χ0v) is 13.2. The first-order valence-corrected chi connectivity index (χ1v) is 8.34. The van der Waals surface area contributed by atoms with Crippen LogP contribution in [0.5, 0.6) is 0 Å². The molecule has 0 aromatic heterocycles. The van der Waals surface area contributed by atoms with Gasteiger partial charge < -0.3 is 10.5 Å². The van der Waals surface area contributed by atoms with Gasteiger partial charge in [-0.05, 0) is 32.1 Å². The van der Waals surface area contributed by atoms with Gasteiger partial charge in [-0.15, -0.1) is 0 Å². The lowest BCUT2D eigenvalue weighted by Crippen LogP contribution is -2.13. The molecule has 0 rings (SSSR count). The highest BCUT2D eigenvalue weighted by Crippen LogP contribution is 2.08. The number of amides is 1. The summed E-state index contributed by atoms with van der Waals surface area (Å²) in [6.45, 7) is 2.72. The molecule has 0 atom stereocenters. The lowest BCUT2D eigenvalue weighted by molar-refractivity contribution is 0.154. The third kappa shape index (κ3) is 17.0. The number of nitrogens with two attached hydrogens (primary N) is 1. The van der Waals surface area contributed by atoms with E-state index in [0.29, 0.717) is 6.61 Å². The van der Waals surface area contributed by atoms with Gasteiger partial charge in [0.1, 0.15) is 0 Å². The Hall–Kier alpha value is -0.990. The lowest BCUT2D eigenvalue weighted by atomic mass is 10.1. The minimum absolute atomic E-state index is 0.468. The van der Waals surface area contributed by atoms with Gasteiger partial charge in [-0.25, -0.2) is 4.79 Å². The Bertz CT molecular complexity index is 239. The molecule has 0 aliphatic heterocycles. The molecule has 0 heterocycles. The topological polar surface area (TPSA) is 52.3 Å². The molecule has 3 heteroatoms. The summed E-state index contributed by atoms with van der Waals surface area (Å²) in [7, 11) is 0. The third-order valence-corrected chi connectivity index (χ3v) is 3.40. The van der Waals surface area contributed by atoms with E-state index in [-0.39, 0.29) is 0 Å². The Balaban J connectivity index is 3.05. The van der Waals surface area contributed by atoms with E-state index in [1.54, 1.807) is 0 Å². The summed E-state index contributed by atoms with van der Waals surface area (Å²) in [6.07, 6.45) is 19.1. The van der Waals surface area contributed by atoms with E-state index in [2.05, 4.69) is 23.8 Å². The Morgan fingerprint density at radius 2 is 1.35 bits per heavy atom. The molecule has 2 N–H and O–H groups in total. The van der Waals surface area contributed by atoms with Crippen molar-refractivity contribution in [2.75, 3.05) is 6.61 Å². The van der Waals surface area contributed by atoms with Crippen molar-refractivity contribution in [3.63, 3.8) is 0 Å². The highest BCUT2D eigenvalue weighted by molar-refractivity contribution is 5.64. The second-order valence-electron chi connectivity index (χ2n) is 5.40. The van der Waals surface area contributed by atoms with Gasteiger partial charge in [-0.3, -0.25) is 0 Å². The van der Waals surface area contributed by atoms with E-state index < -0.39 is 6.09 Å². The number of carbonyl (C=O) groups excluding carboxylic acids is 1. The second-order valence-corrected chi connectivity index (χ2v) is 5.40. The summed E-state index contributed by atoms with van der Waals surface area (Å²) in [5, 5.41) is 0. The summed E-state index contributed by atoms with van der Waals surface area (Å²) in [5.74, 6) is 0. The predicted octanol–water partition coefficient (Wildman–Crippen LogP) is 5.34. The minimum atomic E-state index is -0.661. The van der Waals surface area contributed by atoms with Crippen LogP contribution in [0.25, 0.3) is 0 Å². The van der Waals surface area contributed by atoms with Crippen molar-refractivity contribution >= 4 is 6.09 Å². The van der Waals surface area contributed by atoms with E-state index in [1.807, 2.05) is 0 Å². The standard InChI is InChI=1S/C17H33NO2/c1-2-3-4-5-6-7-8-9-10-11-12-13-14-15-16-20-17(18)19/h7-8H,2-6,9-16H2,1H3,(H2,18,19)/b8-7-. The monoisotopic (exact) mass is 283 g/mol. The van der Waals surface area contributed by atoms with Crippen LogP contribution in [0.2, 0.25) is 0 Å². The van der Waals surface area contributed by atoms with Gasteiger partial charge in [0.15, 0.2) is 0 Å². The molecule has 0 bridgehead atoms. The van der Waals surface area contributed by atoms with E-state index in [1.165, 1.54) is 64.2 Å². The lowest BCUT2D eigenvalue weighted by Gasteiger charge is -2.01. The number of hydrogen-bond acceptors (Lipinski definition) is 2. The van der Waals surface area contributed by atoms with Crippen LogP contribution in [0.1, 0.15) is 84.0 Å². The summed E-state index contributed by atoms with van der Waals surface area (Å²) < 4.78 is 4.68. The van der Waals surface area contributed by atoms with Crippen LogP contribution in [0.4, 0.5) is 4.79 Å². The van der Waals surface area contributed by atoms with Gasteiger partial charge >= 0.3 is 6.09 Å². The van der Waals surface area contributed by atoms with Crippen LogP contribution >= 0.6 is 0 Å². The van der Waals surface area contributed by atoms with Crippen molar-refractivity contribution in [3.8, 4) is 0 Å². The normalized spacial score (nSPS) is 11.1. The molecule has 0 aromatic rings. The summed E-state index contributed by atoms with van der Waals surface area (Å²) in [6, 6.07) is 0. The Labute approximate surface area is 125 Å². The quantitative estimate of drug-likeness (QED) is 0.345. The molecule has 0 spiro atoms. The van der Waals surface area contributed by atoms with Crippen molar-refractivity contribution in [1.29, 1.82) is 0 Å². The molecule has 0 fully saturated rings. The number of unbranched alkanes of at least 4 members (excludes halogenated alkanes) is 10. The van der Waals surface area contributed by atoms with Crippen molar-refractivity contribution < 1.29 is 9.53 Å². The Morgan fingerprint density at radius 1 is 0.850 bits per heavy atom. The Morgan fingerprint density at radius 3 is 1.90 bits per heavy atom. The van der Waals surface area contributed by atoms with Gasteiger partial charge in [0.2, 0.25) is 0 Å². The van der Waals surface area contributed by atoms with Crippen molar-refractivity contribution in [2.45, 2.75) is 84.0 Å². The smallest absolute Gasteiger partial charge is 0.404 e. The maximum atomic E-state index is 10.3. The zero-order chi connectivity index (χ0) is 14.9. The van der Waals surface area contributed by atoms with Crippen LogP contribution in [-0.4, -0.2) is 12.7 Å². The fourth-order valence-corrected chi connectivity index (χ4v) is 2.17. The zero-order valence-electron chi connectivity index (χ0n) is 13.2. The largest absolute Gasteiger partial charge is 0.450 e. The number of carbonyl (C=O) groups is 1. The SMILES string of the molecule is CCCCCC/C=C\CCCCCCCCOC(N)=O. The van der Waals surface area contributed by atoms with Gasteiger partial charge in [0.25, 0.3) is 0 Å².